The Kier molecular flexibility index (Phi) is 3.00. The van der Waals surface area contributed by atoms with Gasteiger partial charge in [-0.05, 0) is 19.1 Å². The molecule has 6 heteroatoms. The first-order valence-electron chi connectivity index (χ1n) is 4.51. The van der Waals surface area contributed by atoms with Gasteiger partial charge in [-0.25, -0.2) is 4.98 Å². The van der Waals surface area contributed by atoms with Gasteiger partial charge in [-0.3, -0.25) is 4.79 Å². The summed E-state index contributed by atoms with van der Waals surface area (Å²) in [6.07, 6.45) is 1.59. The molecule has 2 heterocycles. The van der Waals surface area contributed by atoms with Gasteiger partial charge in [0.15, 0.2) is 0 Å². The lowest BCUT2D eigenvalue weighted by molar-refractivity contribution is 0.0987. The molecular formula is C10H8BrN3O2. The molecule has 0 radical (unpaired) electrons. The standard InChI is InChI=1S/C10H8BrN3O2/c1-6-4-8(16-14-6)10(15)13-9-5-7(11)2-3-12-9/h2-5H,1H3,(H,12,13,15). The predicted octanol–water partition coefficient (Wildman–Crippen LogP) is 2.39. The van der Waals surface area contributed by atoms with Crippen LogP contribution in [0.25, 0.3) is 0 Å². The Morgan fingerprint density at radius 3 is 2.94 bits per heavy atom. The summed E-state index contributed by atoms with van der Waals surface area (Å²) in [5.41, 5.74) is 0.660. The number of hydrogen-bond acceptors (Lipinski definition) is 4. The van der Waals surface area contributed by atoms with Crippen LogP contribution in [-0.2, 0) is 0 Å². The summed E-state index contributed by atoms with van der Waals surface area (Å²) < 4.78 is 5.67. The Morgan fingerprint density at radius 2 is 2.31 bits per heavy atom. The molecule has 1 amide bonds. The average Bonchev–Trinajstić information content (AvgIpc) is 2.65. The number of nitrogens with one attached hydrogen (secondary N) is 1. The SMILES string of the molecule is Cc1cc(C(=O)Nc2cc(Br)ccn2)on1. The van der Waals surface area contributed by atoms with Gasteiger partial charge in [0.2, 0.25) is 5.76 Å². The first-order valence-corrected chi connectivity index (χ1v) is 5.30. The van der Waals surface area contributed by atoms with Gasteiger partial charge in [0, 0.05) is 16.7 Å². The molecule has 0 saturated carbocycles. The molecule has 0 aliphatic carbocycles. The Balaban J connectivity index is 2.13. The Hall–Kier alpha value is -1.69. The Bertz CT molecular complexity index is 524. The van der Waals surface area contributed by atoms with Crippen molar-refractivity contribution >= 4 is 27.7 Å². The molecule has 0 fully saturated rings. The van der Waals surface area contributed by atoms with E-state index in [9.17, 15) is 4.79 Å². The number of amides is 1. The summed E-state index contributed by atoms with van der Waals surface area (Å²) >= 11 is 3.29. The summed E-state index contributed by atoms with van der Waals surface area (Å²) in [6, 6.07) is 5.03. The summed E-state index contributed by atoms with van der Waals surface area (Å²) in [5, 5.41) is 6.23. The minimum Gasteiger partial charge on any atom is -0.351 e. The molecule has 1 N–H and O–H groups in total. The third kappa shape index (κ3) is 2.46. The predicted molar refractivity (Wildman–Crippen MR) is 61.1 cm³/mol. The summed E-state index contributed by atoms with van der Waals surface area (Å²) in [4.78, 5) is 15.6. The fourth-order valence-electron chi connectivity index (χ4n) is 1.12. The maximum Gasteiger partial charge on any atom is 0.295 e. The van der Waals surface area contributed by atoms with E-state index in [1.54, 1.807) is 31.3 Å². The number of rotatable bonds is 2. The van der Waals surface area contributed by atoms with E-state index in [0.717, 1.165) is 4.47 Å². The zero-order valence-corrected chi connectivity index (χ0v) is 9.98. The lowest BCUT2D eigenvalue weighted by atomic mass is 10.3. The highest BCUT2D eigenvalue weighted by atomic mass is 79.9. The topological polar surface area (TPSA) is 68.0 Å². The molecule has 0 unspecified atom stereocenters. The Labute approximate surface area is 100.0 Å². The maximum absolute atomic E-state index is 11.6. The highest BCUT2D eigenvalue weighted by Crippen LogP contribution is 2.13. The minimum absolute atomic E-state index is 0.166. The van der Waals surface area contributed by atoms with Crippen LogP contribution >= 0.6 is 15.9 Å². The first-order chi connectivity index (χ1) is 7.65. The third-order valence-electron chi connectivity index (χ3n) is 1.82. The van der Waals surface area contributed by atoms with E-state index in [-0.39, 0.29) is 11.7 Å². The lowest BCUT2D eigenvalue weighted by Crippen LogP contribution is -2.11. The first kappa shape index (κ1) is 10.8. The van der Waals surface area contributed by atoms with Crippen LogP contribution in [-0.4, -0.2) is 16.0 Å². The van der Waals surface area contributed by atoms with E-state index < -0.39 is 0 Å². The lowest BCUT2D eigenvalue weighted by Gasteiger charge is -2.01. The smallest absolute Gasteiger partial charge is 0.295 e. The van der Waals surface area contributed by atoms with Crippen molar-refractivity contribution in [2.24, 2.45) is 0 Å². The molecule has 16 heavy (non-hydrogen) atoms. The largest absolute Gasteiger partial charge is 0.351 e. The monoisotopic (exact) mass is 281 g/mol. The number of hydrogen-bond donors (Lipinski definition) is 1. The summed E-state index contributed by atoms with van der Waals surface area (Å²) in [5.74, 6) is 0.249. The molecule has 2 aromatic heterocycles. The van der Waals surface area contributed by atoms with E-state index in [4.69, 9.17) is 4.52 Å². The summed E-state index contributed by atoms with van der Waals surface area (Å²) in [6.45, 7) is 1.75. The van der Waals surface area contributed by atoms with Crippen LogP contribution in [0.2, 0.25) is 0 Å². The molecule has 0 spiro atoms. The number of anilines is 1. The molecule has 5 nitrogen and oxygen atoms in total. The highest BCUT2D eigenvalue weighted by molar-refractivity contribution is 9.10. The summed E-state index contributed by atoms with van der Waals surface area (Å²) in [7, 11) is 0. The number of aromatic nitrogens is 2. The number of halogens is 1. The molecule has 0 bridgehead atoms. The van der Waals surface area contributed by atoms with Crippen LogP contribution < -0.4 is 5.32 Å². The minimum atomic E-state index is -0.369. The average molecular weight is 282 g/mol. The van der Waals surface area contributed by atoms with Crippen LogP contribution in [0.5, 0.6) is 0 Å². The van der Waals surface area contributed by atoms with Crippen LogP contribution in [0.3, 0.4) is 0 Å². The second kappa shape index (κ2) is 4.44. The van der Waals surface area contributed by atoms with Crippen LogP contribution in [0.4, 0.5) is 5.82 Å². The zero-order chi connectivity index (χ0) is 11.5. The fraction of sp³-hybridized carbons (Fsp3) is 0.100. The Morgan fingerprint density at radius 1 is 1.50 bits per heavy atom. The van der Waals surface area contributed by atoms with Crippen molar-refractivity contribution in [3.63, 3.8) is 0 Å². The van der Waals surface area contributed by atoms with Crippen molar-refractivity contribution in [2.75, 3.05) is 5.32 Å². The van der Waals surface area contributed by atoms with Gasteiger partial charge < -0.3 is 9.84 Å². The van der Waals surface area contributed by atoms with Crippen molar-refractivity contribution in [1.29, 1.82) is 0 Å². The van der Waals surface area contributed by atoms with E-state index in [1.807, 2.05) is 0 Å². The van der Waals surface area contributed by atoms with Gasteiger partial charge in [-0.15, -0.1) is 0 Å². The number of aryl methyl sites for hydroxylation is 1. The van der Waals surface area contributed by atoms with Crippen molar-refractivity contribution in [2.45, 2.75) is 6.92 Å². The maximum atomic E-state index is 11.6. The van der Waals surface area contributed by atoms with E-state index in [0.29, 0.717) is 11.5 Å². The molecular weight excluding hydrogens is 274 g/mol. The molecule has 2 aromatic rings. The van der Waals surface area contributed by atoms with Gasteiger partial charge in [0.05, 0.1) is 5.69 Å². The fourth-order valence-corrected chi connectivity index (χ4v) is 1.46. The van der Waals surface area contributed by atoms with Gasteiger partial charge in [-0.2, -0.15) is 0 Å². The van der Waals surface area contributed by atoms with Gasteiger partial charge in [0.25, 0.3) is 5.91 Å². The number of pyridine rings is 1. The molecule has 0 aliphatic heterocycles. The highest BCUT2D eigenvalue weighted by Gasteiger charge is 2.12. The normalized spacial score (nSPS) is 10.1. The molecule has 0 saturated heterocycles. The second-order valence-corrected chi connectivity index (χ2v) is 4.06. The molecule has 82 valence electrons. The van der Waals surface area contributed by atoms with Crippen LogP contribution in [0, 0.1) is 6.92 Å². The van der Waals surface area contributed by atoms with Crippen molar-refractivity contribution in [1.82, 2.24) is 10.1 Å². The van der Waals surface area contributed by atoms with Crippen molar-refractivity contribution in [3.8, 4) is 0 Å². The number of nitrogens with zero attached hydrogens (tertiary/aromatic N) is 2. The van der Waals surface area contributed by atoms with Gasteiger partial charge in [0.1, 0.15) is 5.82 Å². The quantitative estimate of drug-likeness (QED) is 0.918. The van der Waals surface area contributed by atoms with Gasteiger partial charge >= 0.3 is 0 Å². The van der Waals surface area contributed by atoms with Gasteiger partial charge in [-0.1, -0.05) is 21.1 Å². The molecule has 2 rings (SSSR count). The zero-order valence-electron chi connectivity index (χ0n) is 8.40. The number of carbonyl (C=O) groups excluding carboxylic acids is 1. The van der Waals surface area contributed by atoms with Crippen LogP contribution in [0.15, 0.2) is 33.4 Å². The van der Waals surface area contributed by atoms with E-state index in [2.05, 4.69) is 31.4 Å². The number of carbonyl (C=O) groups is 1. The second-order valence-electron chi connectivity index (χ2n) is 3.15. The van der Waals surface area contributed by atoms with E-state index in [1.165, 1.54) is 0 Å². The van der Waals surface area contributed by atoms with Crippen LogP contribution in [0.1, 0.15) is 16.2 Å². The molecule has 0 atom stereocenters. The van der Waals surface area contributed by atoms with Crippen molar-refractivity contribution < 1.29 is 9.32 Å². The molecule has 0 aromatic carbocycles. The molecule has 0 aliphatic rings. The third-order valence-corrected chi connectivity index (χ3v) is 2.31. The van der Waals surface area contributed by atoms with Crippen molar-refractivity contribution in [3.05, 3.63) is 40.3 Å². The van der Waals surface area contributed by atoms with E-state index >= 15 is 0 Å².